The van der Waals surface area contributed by atoms with Crippen molar-refractivity contribution in [3.05, 3.63) is 0 Å². The van der Waals surface area contributed by atoms with Crippen LogP contribution in [0, 0.1) is 5.92 Å². The molecule has 0 amide bonds. The van der Waals surface area contributed by atoms with Gasteiger partial charge in [0.15, 0.2) is 0 Å². The topological polar surface area (TPSA) is 44.5 Å². The molecule has 1 rings (SSSR count). The third kappa shape index (κ3) is 2.15. The largest absolute Gasteiger partial charge is 0.384 e. The molecule has 0 saturated heterocycles. The van der Waals surface area contributed by atoms with Gasteiger partial charge in [0.2, 0.25) is 0 Å². The number of hydrogen-bond donors (Lipinski definition) is 1. The van der Waals surface area contributed by atoms with Crippen molar-refractivity contribution in [2.24, 2.45) is 11.7 Å². The van der Waals surface area contributed by atoms with E-state index in [0.29, 0.717) is 12.0 Å². The summed E-state index contributed by atoms with van der Waals surface area (Å²) < 4.78 is 10.3. The van der Waals surface area contributed by atoms with Crippen molar-refractivity contribution in [3.63, 3.8) is 0 Å². The van der Waals surface area contributed by atoms with Gasteiger partial charge >= 0.3 is 0 Å². The van der Waals surface area contributed by atoms with Crippen LogP contribution >= 0.6 is 0 Å². The maximum Gasteiger partial charge on any atom is 0.0590 e. The zero-order valence-electron chi connectivity index (χ0n) is 7.25. The Morgan fingerprint density at radius 1 is 1.36 bits per heavy atom. The minimum atomic E-state index is 0.264. The maximum absolute atomic E-state index is 5.87. The Morgan fingerprint density at radius 2 is 2.09 bits per heavy atom. The van der Waals surface area contributed by atoms with Crippen molar-refractivity contribution in [1.29, 1.82) is 0 Å². The number of ether oxygens (including phenoxy) is 2. The van der Waals surface area contributed by atoms with Crippen LogP contribution in [-0.2, 0) is 9.47 Å². The van der Waals surface area contributed by atoms with Gasteiger partial charge in [0.1, 0.15) is 0 Å². The summed E-state index contributed by atoms with van der Waals surface area (Å²) in [5.74, 6) is 0.491. The van der Waals surface area contributed by atoms with Gasteiger partial charge < -0.3 is 15.2 Å². The van der Waals surface area contributed by atoms with Crippen molar-refractivity contribution in [2.75, 3.05) is 20.8 Å². The highest BCUT2D eigenvalue weighted by Crippen LogP contribution is 2.26. The molecule has 3 atom stereocenters. The van der Waals surface area contributed by atoms with Crippen LogP contribution in [0.4, 0.5) is 0 Å². The molecule has 2 N–H and O–H groups in total. The summed E-state index contributed by atoms with van der Waals surface area (Å²) in [5, 5.41) is 0. The summed E-state index contributed by atoms with van der Waals surface area (Å²) >= 11 is 0. The van der Waals surface area contributed by atoms with E-state index in [9.17, 15) is 0 Å². The zero-order chi connectivity index (χ0) is 8.27. The Morgan fingerprint density at radius 3 is 2.55 bits per heavy atom. The molecule has 1 aliphatic rings. The second-order valence-corrected chi connectivity index (χ2v) is 3.21. The quantitative estimate of drug-likeness (QED) is 0.647. The lowest BCUT2D eigenvalue weighted by Crippen LogP contribution is -2.27. The average Bonchev–Trinajstić information content (AvgIpc) is 2.33. The Bertz CT molecular complexity index is 119. The lowest BCUT2D eigenvalue weighted by atomic mass is 10.1. The van der Waals surface area contributed by atoms with Crippen molar-refractivity contribution < 1.29 is 9.47 Å². The molecule has 0 radical (unpaired) electrons. The predicted molar refractivity (Wildman–Crippen MR) is 43.4 cm³/mol. The van der Waals surface area contributed by atoms with Gasteiger partial charge in [0, 0.05) is 20.3 Å². The van der Waals surface area contributed by atoms with Crippen LogP contribution in [0.25, 0.3) is 0 Å². The summed E-state index contributed by atoms with van der Waals surface area (Å²) in [4.78, 5) is 0. The molecule has 11 heavy (non-hydrogen) atoms. The summed E-state index contributed by atoms with van der Waals surface area (Å²) in [5.41, 5.74) is 5.87. The normalized spacial score (nSPS) is 37.9. The fourth-order valence-corrected chi connectivity index (χ4v) is 1.70. The van der Waals surface area contributed by atoms with Gasteiger partial charge in [0.05, 0.1) is 12.7 Å². The summed E-state index contributed by atoms with van der Waals surface area (Å²) in [7, 11) is 3.46. The summed E-state index contributed by atoms with van der Waals surface area (Å²) in [6.45, 7) is 0.765. The van der Waals surface area contributed by atoms with E-state index in [2.05, 4.69) is 0 Å². The van der Waals surface area contributed by atoms with Crippen LogP contribution in [0.3, 0.4) is 0 Å². The van der Waals surface area contributed by atoms with E-state index in [1.54, 1.807) is 14.2 Å². The average molecular weight is 159 g/mol. The van der Waals surface area contributed by atoms with E-state index < -0.39 is 0 Å². The van der Waals surface area contributed by atoms with Gasteiger partial charge in [-0.2, -0.15) is 0 Å². The van der Waals surface area contributed by atoms with Crippen LogP contribution in [0.2, 0.25) is 0 Å². The minimum absolute atomic E-state index is 0.264. The maximum atomic E-state index is 5.87. The first-order chi connectivity index (χ1) is 5.27. The van der Waals surface area contributed by atoms with Gasteiger partial charge in [-0.05, 0) is 18.8 Å². The molecular formula is C8H17NO2. The fourth-order valence-electron chi connectivity index (χ4n) is 1.70. The fraction of sp³-hybridized carbons (Fsp3) is 1.00. The summed E-state index contributed by atoms with van der Waals surface area (Å²) in [6, 6.07) is 0.264. The van der Waals surface area contributed by atoms with Gasteiger partial charge in [0.25, 0.3) is 0 Å². The molecule has 1 aliphatic carbocycles. The van der Waals surface area contributed by atoms with Crippen LogP contribution in [-0.4, -0.2) is 33.0 Å². The summed E-state index contributed by atoms with van der Waals surface area (Å²) in [6.07, 6.45) is 2.38. The lowest BCUT2D eigenvalue weighted by molar-refractivity contribution is 0.0947. The molecule has 3 heteroatoms. The van der Waals surface area contributed by atoms with Gasteiger partial charge in [-0.3, -0.25) is 0 Å². The standard InChI is InChI=1S/C8H17NO2/c1-10-5-6-3-7(11-2)4-8(6)9/h6-8H,3-5,9H2,1-2H3. The van der Waals surface area contributed by atoms with Gasteiger partial charge in [-0.15, -0.1) is 0 Å². The number of nitrogens with two attached hydrogens (primary N) is 1. The molecule has 1 fully saturated rings. The molecule has 0 spiro atoms. The number of methoxy groups -OCH3 is 2. The molecule has 3 nitrogen and oxygen atoms in total. The van der Waals surface area contributed by atoms with E-state index >= 15 is 0 Å². The molecule has 0 aromatic heterocycles. The molecule has 0 heterocycles. The van der Waals surface area contributed by atoms with Crippen LogP contribution in [0.15, 0.2) is 0 Å². The third-order valence-corrected chi connectivity index (χ3v) is 2.42. The van der Waals surface area contributed by atoms with E-state index in [-0.39, 0.29) is 6.04 Å². The number of rotatable bonds is 3. The second-order valence-electron chi connectivity index (χ2n) is 3.21. The van der Waals surface area contributed by atoms with Gasteiger partial charge in [-0.25, -0.2) is 0 Å². The monoisotopic (exact) mass is 159 g/mol. The SMILES string of the molecule is COCC1CC(OC)CC1N. The predicted octanol–water partition coefficient (Wildman–Crippen LogP) is 0.385. The van der Waals surface area contributed by atoms with E-state index in [1.807, 2.05) is 0 Å². The molecule has 1 saturated carbocycles. The molecule has 66 valence electrons. The minimum Gasteiger partial charge on any atom is -0.384 e. The third-order valence-electron chi connectivity index (χ3n) is 2.42. The highest BCUT2D eigenvalue weighted by molar-refractivity contribution is 4.86. The molecule has 0 bridgehead atoms. The Labute approximate surface area is 67.9 Å². The number of hydrogen-bond acceptors (Lipinski definition) is 3. The Kier molecular flexibility index (Phi) is 3.30. The van der Waals surface area contributed by atoms with Crippen LogP contribution < -0.4 is 5.73 Å². The second kappa shape index (κ2) is 4.04. The van der Waals surface area contributed by atoms with Gasteiger partial charge in [-0.1, -0.05) is 0 Å². The lowest BCUT2D eigenvalue weighted by Gasteiger charge is -2.12. The Hall–Kier alpha value is -0.120. The zero-order valence-corrected chi connectivity index (χ0v) is 7.25. The van der Waals surface area contributed by atoms with Crippen molar-refractivity contribution in [3.8, 4) is 0 Å². The van der Waals surface area contributed by atoms with Crippen molar-refractivity contribution >= 4 is 0 Å². The van der Waals surface area contributed by atoms with Crippen LogP contribution in [0.5, 0.6) is 0 Å². The molecule has 0 aliphatic heterocycles. The van der Waals surface area contributed by atoms with E-state index in [1.165, 1.54) is 0 Å². The highest BCUT2D eigenvalue weighted by Gasteiger charge is 2.31. The highest BCUT2D eigenvalue weighted by atomic mass is 16.5. The first kappa shape index (κ1) is 8.97. The Balaban J connectivity index is 2.32. The molecule has 0 aromatic carbocycles. The van der Waals surface area contributed by atoms with Crippen LogP contribution in [0.1, 0.15) is 12.8 Å². The van der Waals surface area contributed by atoms with Crippen molar-refractivity contribution in [1.82, 2.24) is 0 Å². The van der Waals surface area contributed by atoms with Crippen molar-refractivity contribution in [2.45, 2.75) is 25.0 Å². The van der Waals surface area contributed by atoms with E-state index in [0.717, 1.165) is 19.4 Å². The van der Waals surface area contributed by atoms with E-state index in [4.69, 9.17) is 15.2 Å². The molecular weight excluding hydrogens is 142 g/mol. The molecule has 3 unspecified atom stereocenters. The first-order valence-corrected chi connectivity index (χ1v) is 4.05. The molecule has 0 aromatic rings. The first-order valence-electron chi connectivity index (χ1n) is 4.05. The smallest absolute Gasteiger partial charge is 0.0590 e.